The van der Waals surface area contributed by atoms with Crippen molar-refractivity contribution in [2.75, 3.05) is 45.8 Å². The zero-order chi connectivity index (χ0) is 24.1. The molecule has 0 radical (unpaired) electrons. The molecule has 3 atom stereocenters. The van der Waals surface area contributed by atoms with Crippen LogP contribution in [0.15, 0.2) is 0 Å². The second kappa shape index (κ2) is 19.2. The zero-order valence-corrected chi connectivity index (χ0v) is 25.8. The summed E-state index contributed by atoms with van der Waals surface area (Å²) in [6, 6.07) is 0.617. The third-order valence-electron chi connectivity index (χ3n) is 10.2. The van der Waals surface area contributed by atoms with E-state index in [4.69, 9.17) is 11.6 Å². The van der Waals surface area contributed by atoms with E-state index in [1.54, 1.807) is 0 Å². The molecular formula is C31H68ClN3O4. The Balaban J connectivity index is 0. The number of nitrogens with one attached hydrogen (secondary N) is 1. The van der Waals surface area contributed by atoms with Gasteiger partial charge in [0, 0.05) is 37.6 Å². The first kappa shape index (κ1) is 41.1. The van der Waals surface area contributed by atoms with Crippen molar-refractivity contribution in [2.45, 2.75) is 117 Å². The maximum atomic E-state index is 6.41. The highest BCUT2D eigenvalue weighted by atomic mass is 35.5. The monoisotopic (exact) mass is 581 g/mol. The molecule has 0 aromatic carbocycles. The van der Waals surface area contributed by atoms with Crippen LogP contribution in [-0.2, 0) is 0 Å². The van der Waals surface area contributed by atoms with E-state index in [1.807, 2.05) is 0 Å². The molecule has 4 fully saturated rings. The van der Waals surface area contributed by atoms with Crippen LogP contribution < -0.4 is 5.32 Å². The molecule has 0 aromatic rings. The van der Waals surface area contributed by atoms with Crippen molar-refractivity contribution in [1.82, 2.24) is 15.1 Å². The van der Waals surface area contributed by atoms with Crippen LogP contribution in [0.1, 0.15) is 106 Å². The number of piperidine rings is 1. The number of hydrogen-bond acceptors (Lipinski definition) is 3. The van der Waals surface area contributed by atoms with Crippen LogP contribution in [0.5, 0.6) is 0 Å². The average Bonchev–Trinajstić information content (AvgIpc) is 3.24. The summed E-state index contributed by atoms with van der Waals surface area (Å²) in [5, 5.41) is 4.50. The van der Waals surface area contributed by atoms with Crippen LogP contribution in [0.3, 0.4) is 0 Å². The highest BCUT2D eigenvalue weighted by molar-refractivity contribution is 6.20. The smallest absolute Gasteiger partial charge is 0.0336 e. The number of nitrogens with zero attached hydrogens (tertiary/aromatic N) is 2. The van der Waals surface area contributed by atoms with E-state index >= 15 is 0 Å². The first-order valence-corrected chi connectivity index (χ1v) is 15.6. The molecule has 0 spiro atoms. The van der Waals surface area contributed by atoms with Crippen LogP contribution in [0.25, 0.3) is 0 Å². The van der Waals surface area contributed by atoms with Gasteiger partial charge < -0.3 is 37.0 Å². The summed E-state index contributed by atoms with van der Waals surface area (Å²) >= 11 is 6.41. The average molecular weight is 582 g/mol. The van der Waals surface area contributed by atoms with Crippen molar-refractivity contribution in [3.05, 3.63) is 0 Å². The van der Waals surface area contributed by atoms with E-state index in [2.05, 4.69) is 42.8 Å². The van der Waals surface area contributed by atoms with Crippen LogP contribution in [-0.4, -0.2) is 88.9 Å². The summed E-state index contributed by atoms with van der Waals surface area (Å²) in [5.41, 5.74) is 0.425. The Labute approximate surface area is 246 Å². The lowest BCUT2D eigenvalue weighted by molar-refractivity contribution is 0.00468. The van der Waals surface area contributed by atoms with E-state index in [9.17, 15) is 0 Å². The third kappa shape index (κ3) is 12.0. The van der Waals surface area contributed by atoms with Gasteiger partial charge in [0.1, 0.15) is 0 Å². The van der Waals surface area contributed by atoms with E-state index < -0.39 is 0 Å². The Bertz CT molecular complexity index is 613. The molecule has 0 bridgehead atoms. The molecule has 8 heteroatoms. The summed E-state index contributed by atoms with van der Waals surface area (Å²) in [4.78, 5) is 5.59. The molecule has 0 unspecified atom stereocenters. The first-order valence-electron chi connectivity index (χ1n) is 15.1. The standard InChI is InChI=1S/C30H56ClN3.CH4.4H2O/c1-23(2)29(32-18-25-14-16-33(20-25)19-24-8-6-5-7-9-24)21-34-17-15-28(30(3,4)22-34)26-10-12-27(31)13-11-26;;;;;/h23-29,32H,5-22H2,1-4H3;1H4;4*1H2/t25-,26?,27?,28+,29-;;;;;/m0...../s1. The number of likely N-dealkylation sites (tertiary alicyclic amines) is 2. The first-order chi connectivity index (χ1) is 16.3. The second-order valence-electron chi connectivity index (χ2n) is 13.8. The Morgan fingerprint density at radius 3 is 2.00 bits per heavy atom. The minimum absolute atomic E-state index is 0. The van der Waals surface area contributed by atoms with Gasteiger partial charge in [0.2, 0.25) is 0 Å². The molecule has 2 saturated carbocycles. The zero-order valence-electron chi connectivity index (χ0n) is 25.0. The number of alkyl halides is 1. The predicted octanol–water partition coefficient (Wildman–Crippen LogP) is 3.99. The van der Waals surface area contributed by atoms with Gasteiger partial charge in [-0.3, -0.25) is 0 Å². The lowest BCUT2D eigenvalue weighted by atomic mass is 9.64. The molecule has 2 aliphatic carbocycles. The van der Waals surface area contributed by atoms with Crippen molar-refractivity contribution in [3.63, 3.8) is 0 Å². The topological polar surface area (TPSA) is 145 Å². The van der Waals surface area contributed by atoms with Crippen LogP contribution in [0.4, 0.5) is 0 Å². The van der Waals surface area contributed by atoms with Crippen molar-refractivity contribution in [1.29, 1.82) is 0 Å². The summed E-state index contributed by atoms with van der Waals surface area (Å²) < 4.78 is 0. The summed E-state index contributed by atoms with van der Waals surface area (Å²) in [6.45, 7) is 19.0. The Morgan fingerprint density at radius 2 is 1.41 bits per heavy atom. The van der Waals surface area contributed by atoms with Crippen molar-refractivity contribution >= 4 is 11.6 Å². The Kier molecular flexibility index (Phi) is 20.3. The fraction of sp³-hybridized carbons (Fsp3) is 1.00. The minimum atomic E-state index is 0. The lowest BCUT2D eigenvalue weighted by Crippen LogP contribution is -2.53. The Morgan fingerprint density at radius 1 is 0.795 bits per heavy atom. The van der Waals surface area contributed by atoms with Gasteiger partial charge in [-0.05, 0) is 106 Å². The molecule has 0 amide bonds. The fourth-order valence-corrected chi connectivity index (χ4v) is 8.33. The van der Waals surface area contributed by atoms with Gasteiger partial charge in [-0.25, -0.2) is 0 Å². The van der Waals surface area contributed by atoms with Crippen LogP contribution in [0.2, 0.25) is 0 Å². The summed E-state index contributed by atoms with van der Waals surface area (Å²) in [5.74, 6) is 4.32. The van der Waals surface area contributed by atoms with Crippen LogP contribution in [0, 0.1) is 35.0 Å². The normalized spacial score (nSPS) is 30.6. The molecule has 238 valence electrons. The van der Waals surface area contributed by atoms with Gasteiger partial charge >= 0.3 is 0 Å². The van der Waals surface area contributed by atoms with Gasteiger partial charge in [-0.1, -0.05) is 54.4 Å². The number of hydrogen-bond donors (Lipinski definition) is 1. The maximum absolute atomic E-state index is 6.41. The van der Waals surface area contributed by atoms with Crippen molar-refractivity contribution in [3.8, 4) is 0 Å². The molecular weight excluding hydrogens is 514 g/mol. The van der Waals surface area contributed by atoms with Gasteiger partial charge in [0.15, 0.2) is 0 Å². The Hall–Kier alpha value is 0.01000. The molecule has 2 heterocycles. The number of halogens is 1. The number of rotatable bonds is 9. The van der Waals surface area contributed by atoms with E-state index in [0.29, 0.717) is 22.8 Å². The largest absolute Gasteiger partial charge is 0.412 e. The fourth-order valence-electron chi connectivity index (χ4n) is 8.08. The molecule has 9 N–H and O–H groups in total. The molecule has 4 rings (SSSR count). The van der Waals surface area contributed by atoms with Crippen molar-refractivity contribution in [2.24, 2.45) is 35.0 Å². The quantitative estimate of drug-likeness (QED) is 0.411. The SMILES string of the molecule is C.CC(C)[C@H](CN1CC[C@H](C2CCC(Cl)CC2)C(C)(C)C1)NC[C@@H]1CCN(CC2CCCCC2)C1.O.O.O.O. The van der Waals surface area contributed by atoms with Gasteiger partial charge in [0.25, 0.3) is 0 Å². The lowest BCUT2D eigenvalue weighted by Gasteiger charge is -2.49. The van der Waals surface area contributed by atoms with Crippen molar-refractivity contribution < 1.29 is 21.9 Å². The van der Waals surface area contributed by atoms with E-state index in [-0.39, 0.29) is 29.3 Å². The minimum Gasteiger partial charge on any atom is -0.412 e. The molecule has 2 saturated heterocycles. The molecule has 4 aliphatic rings. The predicted molar refractivity (Wildman–Crippen MR) is 169 cm³/mol. The second-order valence-corrected chi connectivity index (χ2v) is 14.4. The highest BCUT2D eigenvalue weighted by Crippen LogP contribution is 2.45. The van der Waals surface area contributed by atoms with E-state index in [0.717, 1.165) is 23.7 Å². The highest BCUT2D eigenvalue weighted by Gasteiger charge is 2.41. The van der Waals surface area contributed by atoms with Gasteiger partial charge in [-0.15, -0.1) is 11.6 Å². The van der Waals surface area contributed by atoms with Gasteiger partial charge in [-0.2, -0.15) is 0 Å². The molecule has 39 heavy (non-hydrogen) atoms. The third-order valence-corrected chi connectivity index (χ3v) is 10.6. The maximum Gasteiger partial charge on any atom is 0.0336 e. The van der Waals surface area contributed by atoms with Gasteiger partial charge in [0.05, 0.1) is 0 Å². The van der Waals surface area contributed by atoms with Crippen LogP contribution >= 0.6 is 11.6 Å². The molecule has 0 aromatic heterocycles. The summed E-state index contributed by atoms with van der Waals surface area (Å²) in [7, 11) is 0. The summed E-state index contributed by atoms with van der Waals surface area (Å²) in [6.07, 6.45) is 15.4. The molecule has 2 aliphatic heterocycles. The molecule has 7 nitrogen and oxygen atoms in total. The van der Waals surface area contributed by atoms with E-state index in [1.165, 1.54) is 116 Å².